The van der Waals surface area contributed by atoms with E-state index in [-0.39, 0.29) is 15.6 Å². The van der Waals surface area contributed by atoms with Crippen molar-refractivity contribution in [2.45, 2.75) is 0 Å². The summed E-state index contributed by atoms with van der Waals surface area (Å²) in [5, 5.41) is 10.9. The fraction of sp³-hybridized carbons (Fsp3) is 0. The molecule has 2 N–H and O–H groups in total. The third kappa shape index (κ3) is 3.43. The van der Waals surface area contributed by atoms with Gasteiger partial charge in [-0.25, -0.2) is 13.6 Å². The molecule has 0 saturated heterocycles. The number of rotatable bonds is 3. The average Bonchev–Trinajstić information content (AvgIpc) is 2.42. The molecule has 7 heteroatoms. The molecule has 0 atom stereocenters. The normalized spacial score (nSPS) is 10.2. The van der Waals surface area contributed by atoms with Gasteiger partial charge in [0.25, 0.3) is 5.91 Å². The molecule has 0 aromatic heterocycles. The van der Waals surface area contributed by atoms with Crippen molar-refractivity contribution >= 4 is 33.5 Å². The van der Waals surface area contributed by atoms with Crippen LogP contribution in [0.3, 0.4) is 0 Å². The second kappa shape index (κ2) is 6.01. The van der Waals surface area contributed by atoms with Gasteiger partial charge in [0.2, 0.25) is 0 Å². The number of carbonyl (C=O) groups excluding carboxylic acids is 1. The Bertz CT molecular complexity index is 711. The quantitative estimate of drug-likeness (QED) is 0.882. The van der Waals surface area contributed by atoms with Crippen molar-refractivity contribution in [2.75, 3.05) is 5.32 Å². The highest BCUT2D eigenvalue weighted by atomic mass is 79.9. The molecule has 2 rings (SSSR count). The van der Waals surface area contributed by atoms with Gasteiger partial charge in [0.1, 0.15) is 5.69 Å². The maximum Gasteiger partial charge on any atom is 0.335 e. The van der Waals surface area contributed by atoms with Crippen LogP contribution in [0.1, 0.15) is 20.7 Å². The number of amides is 1. The summed E-state index contributed by atoms with van der Waals surface area (Å²) in [5.74, 6) is -3.89. The monoisotopic (exact) mass is 355 g/mol. The summed E-state index contributed by atoms with van der Waals surface area (Å²) in [4.78, 5) is 22.8. The molecule has 108 valence electrons. The SMILES string of the molecule is O=C(O)c1cccc(C(=O)Nc2c(F)cc(Br)cc2F)c1. The molecule has 1 amide bonds. The molecule has 0 aliphatic heterocycles. The van der Waals surface area contributed by atoms with E-state index in [0.29, 0.717) is 0 Å². The van der Waals surface area contributed by atoms with E-state index in [4.69, 9.17) is 5.11 Å². The zero-order chi connectivity index (χ0) is 15.6. The van der Waals surface area contributed by atoms with E-state index in [0.717, 1.165) is 18.2 Å². The molecule has 0 saturated carbocycles. The zero-order valence-electron chi connectivity index (χ0n) is 10.4. The Morgan fingerprint density at radius 1 is 1.05 bits per heavy atom. The third-order valence-corrected chi connectivity index (χ3v) is 3.07. The maximum absolute atomic E-state index is 13.6. The fourth-order valence-electron chi connectivity index (χ4n) is 1.64. The van der Waals surface area contributed by atoms with Crippen molar-refractivity contribution < 1.29 is 23.5 Å². The molecule has 21 heavy (non-hydrogen) atoms. The van der Waals surface area contributed by atoms with Crippen molar-refractivity contribution in [1.29, 1.82) is 0 Å². The number of aromatic carboxylic acids is 1. The van der Waals surface area contributed by atoms with Crippen LogP contribution in [-0.4, -0.2) is 17.0 Å². The first kappa shape index (κ1) is 15.1. The molecule has 0 radical (unpaired) electrons. The minimum absolute atomic E-state index is 0.0170. The topological polar surface area (TPSA) is 66.4 Å². The van der Waals surface area contributed by atoms with Gasteiger partial charge in [-0.05, 0) is 30.3 Å². The Kier molecular flexibility index (Phi) is 4.32. The van der Waals surface area contributed by atoms with Crippen LogP contribution in [0.25, 0.3) is 0 Å². The first-order valence-corrected chi connectivity index (χ1v) is 6.47. The van der Waals surface area contributed by atoms with E-state index in [1.807, 2.05) is 0 Å². The number of carboxylic acid groups (broad SMARTS) is 1. The number of halogens is 3. The van der Waals surface area contributed by atoms with Crippen LogP contribution in [0.2, 0.25) is 0 Å². The Morgan fingerprint density at radius 2 is 1.62 bits per heavy atom. The van der Waals surface area contributed by atoms with Crippen LogP contribution in [0, 0.1) is 11.6 Å². The summed E-state index contributed by atoms with van der Waals surface area (Å²) >= 11 is 2.93. The molecular weight excluding hydrogens is 348 g/mol. The number of benzene rings is 2. The van der Waals surface area contributed by atoms with Crippen LogP contribution in [0.15, 0.2) is 40.9 Å². The molecule has 2 aromatic rings. The molecule has 0 bridgehead atoms. The molecule has 2 aromatic carbocycles. The molecule has 0 spiro atoms. The highest BCUT2D eigenvalue weighted by Gasteiger charge is 2.15. The maximum atomic E-state index is 13.6. The van der Waals surface area contributed by atoms with Gasteiger partial charge in [0.05, 0.1) is 5.56 Å². The van der Waals surface area contributed by atoms with Crippen molar-refractivity contribution in [3.63, 3.8) is 0 Å². The van der Waals surface area contributed by atoms with E-state index in [2.05, 4.69) is 21.2 Å². The summed E-state index contributed by atoms with van der Waals surface area (Å²) in [5.41, 5.74) is -0.708. The predicted molar refractivity (Wildman–Crippen MR) is 75.4 cm³/mol. The Hall–Kier alpha value is -2.28. The van der Waals surface area contributed by atoms with Gasteiger partial charge in [-0.2, -0.15) is 0 Å². The molecule has 0 unspecified atom stereocenters. The van der Waals surface area contributed by atoms with E-state index in [1.54, 1.807) is 0 Å². The van der Waals surface area contributed by atoms with Gasteiger partial charge < -0.3 is 10.4 Å². The highest BCUT2D eigenvalue weighted by Crippen LogP contribution is 2.24. The van der Waals surface area contributed by atoms with Gasteiger partial charge in [-0.3, -0.25) is 4.79 Å². The number of hydrogen-bond donors (Lipinski definition) is 2. The van der Waals surface area contributed by atoms with Crippen molar-refractivity contribution in [3.8, 4) is 0 Å². The van der Waals surface area contributed by atoms with Gasteiger partial charge in [-0.1, -0.05) is 22.0 Å². The lowest BCUT2D eigenvalue weighted by atomic mass is 10.1. The van der Waals surface area contributed by atoms with Gasteiger partial charge in [0.15, 0.2) is 11.6 Å². The minimum Gasteiger partial charge on any atom is -0.478 e. The molecular formula is C14H8BrF2NO3. The number of hydrogen-bond acceptors (Lipinski definition) is 2. The molecule has 0 aliphatic carbocycles. The van der Waals surface area contributed by atoms with E-state index < -0.39 is 29.2 Å². The smallest absolute Gasteiger partial charge is 0.335 e. The average molecular weight is 356 g/mol. The highest BCUT2D eigenvalue weighted by molar-refractivity contribution is 9.10. The lowest BCUT2D eigenvalue weighted by molar-refractivity contribution is 0.0697. The van der Waals surface area contributed by atoms with Crippen LogP contribution in [-0.2, 0) is 0 Å². The Labute approximate surface area is 126 Å². The molecule has 0 aliphatic rings. The Balaban J connectivity index is 2.30. The number of carboxylic acids is 1. The fourth-order valence-corrected chi connectivity index (χ4v) is 2.04. The van der Waals surface area contributed by atoms with Crippen LogP contribution >= 0.6 is 15.9 Å². The van der Waals surface area contributed by atoms with Gasteiger partial charge >= 0.3 is 5.97 Å². The largest absolute Gasteiger partial charge is 0.478 e. The number of anilines is 1. The summed E-state index contributed by atoms with van der Waals surface area (Å²) in [6, 6.07) is 7.15. The molecule has 0 fully saturated rings. The zero-order valence-corrected chi connectivity index (χ0v) is 11.9. The van der Waals surface area contributed by atoms with Gasteiger partial charge in [0, 0.05) is 10.0 Å². The first-order valence-electron chi connectivity index (χ1n) is 5.67. The lowest BCUT2D eigenvalue weighted by Crippen LogP contribution is -2.15. The van der Waals surface area contributed by atoms with Crippen molar-refractivity contribution in [2.24, 2.45) is 0 Å². The molecule has 4 nitrogen and oxygen atoms in total. The summed E-state index contributed by atoms with van der Waals surface area (Å²) in [7, 11) is 0. The summed E-state index contributed by atoms with van der Waals surface area (Å²) in [6.45, 7) is 0. The summed E-state index contributed by atoms with van der Waals surface area (Å²) in [6.07, 6.45) is 0. The third-order valence-electron chi connectivity index (χ3n) is 2.62. The van der Waals surface area contributed by atoms with Crippen molar-refractivity contribution in [3.05, 3.63) is 63.6 Å². The standard InChI is InChI=1S/C14H8BrF2NO3/c15-9-5-10(16)12(11(17)6-9)18-13(19)7-2-1-3-8(4-7)14(20)21/h1-6H,(H,18,19)(H,20,21). The lowest BCUT2D eigenvalue weighted by Gasteiger charge is -2.08. The van der Waals surface area contributed by atoms with E-state index in [1.165, 1.54) is 18.2 Å². The van der Waals surface area contributed by atoms with Crippen LogP contribution in [0.4, 0.5) is 14.5 Å². The van der Waals surface area contributed by atoms with Crippen molar-refractivity contribution in [1.82, 2.24) is 0 Å². The second-order valence-corrected chi connectivity index (χ2v) is 5.00. The van der Waals surface area contributed by atoms with Gasteiger partial charge in [-0.15, -0.1) is 0 Å². The Morgan fingerprint density at radius 3 is 2.19 bits per heavy atom. The van der Waals surface area contributed by atoms with E-state index >= 15 is 0 Å². The molecule has 0 heterocycles. The van der Waals surface area contributed by atoms with Crippen LogP contribution in [0.5, 0.6) is 0 Å². The first-order chi connectivity index (χ1) is 9.88. The predicted octanol–water partition coefficient (Wildman–Crippen LogP) is 3.68. The van der Waals surface area contributed by atoms with Crippen LogP contribution < -0.4 is 5.32 Å². The number of nitrogens with one attached hydrogen (secondary N) is 1. The minimum atomic E-state index is -1.20. The summed E-state index contributed by atoms with van der Waals surface area (Å²) < 4.78 is 27.4. The second-order valence-electron chi connectivity index (χ2n) is 4.08. The van der Waals surface area contributed by atoms with E-state index in [9.17, 15) is 18.4 Å². The number of carbonyl (C=O) groups is 2.